The second-order valence-electron chi connectivity index (χ2n) is 2.54. The summed E-state index contributed by atoms with van der Waals surface area (Å²) in [4.78, 5) is 10.3. The second kappa shape index (κ2) is 3.62. The van der Waals surface area contributed by atoms with Crippen LogP contribution in [0.25, 0.3) is 0 Å². The first-order valence-electron chi connectivity index (χ1n) is 3.46. The number of hydrogen-bond acceptors (Lipinski definition) is 2. The summed E-state index contributed by atoms with van der Waals surface area (Å²) in [6.45, 7) is 0. The van der Waals surface area contributed by atoms with Crippen molar-refractivity contribution in [2.24, 2.45) is 0 Å². The van der Waals surface area contributed by atoms with Gasteiger partial charge in [0.25, 0.3) is 0 Å². The number of carboxylic acid groups (broad SMARTS) is 1. The molecule has 1 aromatic rings. The fourth-order valence-corrected chi connectivity index (χ4v) is 1.21. The van der Waals surface area contributed by atoms with Crippen molar-refractivity contribution < 1.29 is 14.3 Å². The van der Waals surface area contributed by atoms with Crippen molar-refractivity contribution in [1.29, 1.82) is 0 Å². The van der Waals surface area contributed by atoms with Crippen molar-refractivity contribution in [2.45, 2.75) is 6.42 Å². The van der Waals surface area contributed by atoms with E-state index in [1.165, 1.54) is 12.1 Å². The van der Waals surface area contributed by atoms with Gasteiger partial charge < -0.3 is 10.8 Å². The molecule has 0 bridgehead atoms. The Labute approximate surface area is 78.9 Å². The molecule has 0 aliphatic heterocycles. The second-order valence-corrected chi connectivity index (χ2v) is 2.98. The number of rotatable bonds is 2. The van der Waals surface area contributed by atoms with Crippen LogP contribution in [0.2, 0.25) is 5.02 Å². The molecule has 0 atom stereocenters. The van der Waals surface area contributed by atoms with E-state index in [1.54, 1.807) is 0 Å². The van der Waals surface area contributed by atoms with Crippen molar-refractivity contribution in [3.63, 3.8) is 0 Å². The molecule has 0 amide bonds. The topological polar surface area (TPSA) is 63.3 Å². The van der Waals surface area contributed by atoms with Crippen LogP contribution in [0.4, 0.5) is 10.1 Å². The molecular weight excluding hydrogens is 197 g/mol. The highest BCUT2D eigenvalue weighted by atomic mass is 35.5. The number of carboxylic acids is 1. The monoisotopic (exact) mass is 203 g/mol. The zero-order valence-electron chi connectivity index (χ0n) is 6.55. The van der Waals surface area contributed by atoms with Crippen molar-refractivity contribution in [2.75, 3.05) is 5.73 Å². The average molecular weight is 204 g/mol. The van der Waals surface area contributed by atoms with E-state index in [0.29, 0.717) is 0 Å². The highest BCUT2D eigenvalue weighted by Gasteiger charge is 2.10. The first-order chi connectivity index (χ1) is 6.00. The molecule has 0 saturated heterocycles. The number of hydrogen-bond donors (Lipinski definition) is 2. The minimum Gasteiger partial charge on any atom is -0.481 e. The molecule has 1 rings (SSSR count). The van der Waals surface area contributed by atoms with Gasteiger partial charge in [-0.25, -0.2) is 4.39 Å². The minimum absolute atomic E-state index is 0.00231. The van der Waals surface area contributed by atoms with Crippen LogP contribution in [0.15, 0.2) is 12.1 Å². The van der Waals surface area contributed by atoms with Crippen molar-refractivity contribution in [1.82, 2.24) is 0 Å². The Balaban J connectivity index is 3.12. The molecule has 0 heterocycles. The van der Waals surface area contributed by atoms with E-state index in [2.05, 4.69) is 0 Å². The first kappa shape index (κ1) is 9.80. The quantitative estimate of drug-likeness (QED) is 0.719. The molecule has 3 nitrogen and oxygen atoms in total. The summed E-state index contributed by atoms with van der Waals surface area (Å²) < 4.78 is 13.1. The highest BCUT2D eigenvalue weighted by Crippen LogP contribution is 2.21. The van der Waals surface area contributed by atoms with Gasteiger partial charge in [0.1, 0.15) is 5.82 Å². The largest absolute Gasteiger partial charge is 0.481 e. The van der Waals surface area contributed by atoms with E-state index in [4.69, 9.17) is 22.4 Å². The number of halogens is 2. The van der Waals surface area contributed by atoms with Crippen LogP contribution >= 0.6 is 11.6 Å². The summed E-state index contributed by atoms with van der Waals surface area (Å²) in [5.41, 5.74) is 5.11. The van der Waals surface area contributed by atoms with E-state index in [-0.39, 0.29) is 16.3 Å². The lowest BCUT2D eigenvalue weighted by Crippen LogP contribution is -2.04. The van der Waals surface area contributed by atoms with Gasteiger partial charge in [-0.1, -0.05) is 11.6 Å². The molecule has 0 saturated carbocycles. The van der Waals surface area contributed by atoms with Crippen LogP contribution in [-0.2, 0) is 11.2 Å². The van der Waals surface area contributed by atoms with Crippen molar-refractivity contribution >= 4 is 23.3 Å². The molecule has 0 unspecified atom stereocenters. The van der Waals surface area contributed by atoms with Crippen LogP contribution in [0.1, 0.15) is 5.56 Å². The Morgan fingerprint density at radius 3 is 2.77 bits per heavy atom. The Morgan fingerprint density at radius 2 is 2.23 bits per heavy atom. The summed E-state index contributed by atoms with van der Waals surface area (Å²) >= 11 is 5.57. The van der Waals surface area contributed by atoms with Gasteiger partial charge in [-0.05, 0) is 12.1 Å². The SMILES string of the molecule is Nc1cc(Cl)cc(CC(=O)O)c1F. The van der Waals surface area contributed by atoms with E-state index < -0.39 is 18.2 Å². The minimum atomic E-state index is -1.12. The number of anilines is 1. The van der Waals surface area contributed by atoms with E-state index >= 15 is 0 Å². The van der Waals surface area contributed by atoms with Crippen LogP contribution in [0, 0.1) is 5.82 Å². The number of benzene rings is 1. The van der Waals surface area contributed by atoms with Gasteiger partial charge in [-0.15, -0.1) is 0 Å². The maximum absolute atomic E-state index is 13.1. The Hall–Kier alpha value is -1.29. The smallest absolute Gasteiger partial charge is 0.307 e. The molecular formula is C8H7ClFNO2. The van der Waals surface area contributed by atoms with E-state index in [1.807, 2.05) is 0 Å². The fourth-order valence-electron chi connectivity index (χ4n) is 0.960. The average Bonchev–Trinajstić information content (AvgIpc) is 1.98. The predicted molar refractivity (Wildman–Crippen MR) is 47.2 cm³/mol. The van der Waals surface area contributed by atoms with Gasteiger partial charge >= 0.3 is 5.97 Å². The van der Waals surface area contributed by atoms with Crippen molar-refractivity contribution in [3.05, 3.63) is 28.5 Å². The van der Waals surface area contributed by atoms with Gasteiger partial charge in [0.05, 0.1) is 12.1 Å². The third-order valence-electron chi connectivity index (χ3n) is 1.48. The predicted octanol–water partition coefficient (Wildman–Crippen LogP) is 1.69. The standard InChI is InChI=1S/C8H7ClFNO2/c9-5-1-4(2-7(12)13)8(10)6(11)3-5/h1,3H,2,11H2,(H,12,13). The molecule has 5 heteroatoms. The summed E-state index contributed by atoms with van der Waals surface area (Å²) in [6, 6.07) is 2.49. The number of nitrogens with two attached hydrogens (primary N) is 1. The van der Waals surface area contributed by atoms with Crippen molar-refractivity contribution in [3.8, 4) is 0 Å². The maximum atomic E-state index is 13.1. The molecule has 0 aliphatic rings. The number of aliphatic carboxylic acids is 1. The van der Waals surface area contributed by atoms with Crippen LogP contribution in [0.5, 0.6) is 0 Å². The molecule has 0 aliphatic carbocycles. The lowest BCUT2D eigenvalue weighted by atomic mass is 10.1. The molecule has 0 spiro atoms. The molecule has 70 valence electrons. The number of carbonyl (C=O) groups is 1. The lowest BCUT2D eigenvalue weighted by Gasteiger charge is -2.03. The van der Waals surface area contributed by atoms with Gasteiger partial charge in [-0.3, -0.25) is 4.79 Å². The summed E-state index contributed by atoms with van der Waals surface area (Å²) in [5, 5.41) is 8.65. The highest BCUT2D eigenvalue weighted by molar-refractivity contribution is 6.30. The summed E-state index contributed by atoms with van der Waals surface area (Å²) in [5.74, 6) is -1.84. The third kappa shape index (κ3) is 2.32. The maximum Gasteiger partial charge on any atom is 0.307 e. The van der Waals surface area contributed by atoms with Crippen LogP contribution < -0.4 is 5.73 Å². The Kier molecular flexibility index (Phi) is 2.72. The normalized spacial score (nSPS) is 10.0. The molecule has 0 aromatic heterocycles. The molecule has 1 aromatic carbocycles. The summed E-state index contributed by atoms with van der Waals surface area (Å²) in [7, 11) is 0. The van der Waals surface area contributed by atoms with Gasteiger partial charge in [0, 0.05) is 10.6 Å². The molecule has 0 radical (unpaired) electrons. The van der Waals surface area contributed by atoms with Gasteiger partial charge in [-0.2, -0.15) is 0 Å². The molecule has 3 N–H and O–H groups in total. The first-order valence-corrected chi connectivity index (χ1v) is 3.83. The number of nitrogen functional groups attached to an aromatic ring is 1. The zero-order valence-corrected chi connectivity index (χ0v) is 7.31. The van der Waals surface area contributed by atoms with Crippen LogP contribution in [-0.4, -0.2) is 11.1 Å². The van der Waals surface area contributed by atoms with Crippen LogP contribution in [0.3, 0.4) is 0 Å². The van der Waals surface area contributed by atoms with E-state index in [0.717, 1.165) is 0 Å². The molecule has 0 fully saturated rings. The summed E-state index contributed by atoms with van der Waals surface area (Å²) in [6.07, 6.45) is -0.420. The third-order valence-corrected chi connectivity index (χ3v) is 1.70. The molecule has 13 heavy (non-hydrogen) atoms. The Morgan fingerprint density at radius 1 is 1.62 bits per heavy atom. The lowest BCUT2D eigenvalue weighted by molar-refractivity contribution is -0.136. The van der Waals surface area contributed by atoms with E-state index in [9.17, 15) is 9.18 Å². The zero-order chi connectivity index (χ0) is 10.0. The van der Waals surface area contributed by atoms with Gasteiger partial charge in [0.15, 0.2) is 0 Å². The van der Waals surface area contributed by atoms with Gasteiger partial charge in [0.2, 0.25) is 0 Å². The fraction of sp³-hybridized carbons (Fsp3) is 0.125. The Bertz CT molecular complexity index is 354.